The van der Waals surface area contributed by atoms with E-state index in [9.17, 15) is 9.90 Å². The van der Waals surface area contributed by atoms with Crippen molar-refractivity contribution in [3.8, 4) is 0 Å². The lowest BCUT2D eigenvalue weighted by Crippen LogP contribution is -2.39. The normalized spacial score (nSPS) is 24.4. The highest BCUT2D eigenvalue weighted by atomic mass is 16.3. The Bertz CT molecular complexity index is 641. The second-order valence-corrected chi connectivity index (χ2v) is 5.93. The van der Waals surface area contributed by atoms with Crippen LogP contribution in [0.3, 0.4) is 0 Å². The third-order valence-electron chi connectivity index (χ3n) is 4.13. The number of pyridine rings is 1. The van der Waals surface area contributed by atoms with Gasteiger partial charge in [-0.25, -0.2) is 4.98 Å². The lowest BCUT2D eigenvalue weighted by molar-refractivity contribution is 0.0872. The second-order valence-electron chi connectivity index (χ2n) is 5.93. The predicted octanol–water partition coefficient (Wildman–Crippen LogP) is 1.16. The molecule has 0 bridgehead atoms. The van der Waals surface area contributed by atoms with E-state index >= 15 is 0 Å². The molecule has 1 saturated carbocycles. The number of nitrogens with one attached hydrogen (secondary N) is 1. The third-order valence-corrected chi connectivity index (χ3v) is 4.13. The number of carbonyl (C=O) groups excluding carboxylic acids is 1. The number of nitrogens with zero attached hydrogens (tertiary/aromatic N) is 3. The topological polar surface area (TPSA) is 80.0 Å². The molecule has 6 heteroatoms. The Balaban J connectivity index is 1.59. The first-order valence-electron chi connectivity index (χ1n) is 7.49. The van der Waals surface area contributed by atoms with Crippen LogP contribution in [0.15, 0.2) is 37.1 Å². The molecule has 116 valence electrons. The summed E-state index contributed by atoms with van der Waals surface area (Å²) in [6.07, 6.45) is 8.03. The van der Waals surface area contributed by atoms with Crippen molar-refractivity contribution >= 4 is 5.91 Å². The molecular formula is C16H20N4O2. The van der Waals surface area contributed by atoms with Gasteiger partial charge in [0.2, 0.25) is 0 Å². The minimum atomic E-state index is -0.500. The summed E-state index contributed by atoms with van der Waals surface area (Å²) in [5, 5.41) is 13.1. The van der Waals surface area contributed by atoms with Gasteiger partial charge in [0, 0.05) is 36.4 Å². The maximum absolute atomic E-state index is 12.3. The van der Waals surface area contributed by atoms with E-state index in [1.807, 2.05) is 17.7 Å². The van der Waals surface area contributed by atoms with Gasteiger partial charge in [-0.15, -0.1) is 0 Å². The van der Waals surface area contributed by atoms with Gasteiger partial charge in [-0.3, -0.25) is 9.78 Å². The SMILES string of the molecule is Cc1cc(C(=O)N[C@@H]2CC(Cn3ccnc3)C[C@H]2O)ccn1. The molecule has 0 aliphatic heterocycles. The molecule has 1 unspecified atom stereocenters. The average molecular weight is 300 g/mol. The number of imidazole rings is 1. The fourth-order valence-corrected chi connectivity index (χ4v) is 3.05. The summed E-state index contributed by atoms with van der Waals surface area (Å²) in [6, 6.07) is 3.24. The predicted molar refractivity (Wildman–Crippen MR) is 81.2 cm³/mol. The zero-order valence-corrected chi connectivity index (χ0v) is 12.5. The van der Waals surface area contributed by atoms with Gasteiger partial charge in [-0.1, -0.05) is 0 Å². The number of hydrogen-bond acceptors (Lipinski definition) is 4. The molecule has 0 radical (unpaired) electrons. The third kappa shape index (κ3) is 3.33. The van der Waals surface area contributed by atoms with E-state index in [0.29, 0.717) is 17.9 Å². The highest BCUT2D eigenvalue weighted by molar-refractivity contribution is 5.94. The van der Waals surface area contributed by atoms with Gasteiger partial charge in [0.15, 0.2) is 0 Å². The molecule has 6 nitrogen and oxygen atoms in total. The first kappa shape index (κ1) is 14.7. The highest BCUT2D eigenvalue weighted by Crippen LogP contribution is 2.27. The molecule has 3 atom stereocenters. The molecule has 2 N–H and O–H groups in total. The van der Waals surface area contributed by atoms with Crippen LogP contribution in [-0.4, -0.2) is 37.7 Å². The van der Waals surface area contributed by atoms with Crippen LogP contribution < -0.4 is 5.32 Å². The van der Waals surface area contributed by atoms with Gasteiger partial charge in [0.05, 0.1) is 18.5 Å². The van der Waals surface area contributed by atoms with Gasteiger partial charge in [-0.05, 0) is 37.8 Å². The molecular weight excluding hydrogens is 280 g/mol. The Hall–Kier alpha value is -2.21. The fraction of sp³-hybridized carbons (Fsp3) is 0.438. The summed E-state index contributed by atoms with van der Waals surface area (Å²) in [6.45, 7) is 2.67. The van der Waals surface area contributed by atoms with E-state index in [1.165, 1.54) is 0 Å². The number of aliphatic hydroxyl groups excluding tert-OH is 1. The van der Waals surface area contributed by atoms with Crippen LogP contribution in [0, 0.1) is 12.8 Å². The molecule has 22 heavy (non-hydrogen) atoms. The first-order valence-corrected chi connectivity index (χ1v) is 7.49. The highest BCUT2D eigenvalue weighted by Gasteiger charge is 2.34. The van der Waals surface area contributed by atoms with Gasteiger partial charge in [0.25, 0.3) is 5.91 Å². The summed E-state index contributed by atoms with van der Waals surface area (Å²) in [7, 11) is 0. The lowest BCUT2D eigenvalue weighted by atomic mass is 10.1. The summed E-state index contributed by atoms with van der Waals surface area (Å²) in [4.78, 5) is 20.4. The number of carbonyl (C=O) groups is 1. The average Bonchev–Trinajstić information content (AvgIpc) is 3.10. The molecule has 2 aromatic rings. The molecule has 2 aromatic heterocycles. The molecule has 1 fully saturated rings. The molecule has 3 rings (SSSR count). The minimum absolute atomic E-state index is 0.155. The molecule has 0 aromatic carbocycles. The Morgan fingerprint density at radius 3 is 3.05 bits per heavy atom. The van der Waals surface area contributed by atoms with Crippen LogP contribution in [0.4, 0.5) is 0 Å². The van der Waals surface area contributed by atoms with Crippen LogP contribution in [0.5, 0.6) is 0 Å². The summed E-state index contributed by atoms with van der Waals surface area (Å²) >= 11 is 0. The van der Waals surface area contributed by atoms with Crippen LogP contribution in [0.1, 0.15) is 28.9 Å². The zero-order valence-electron chi connectivity index (χ0n) is 12.5. The monoisotopic (exact) mass is 300 g/mol. The zero-order chi connectivity index (χ0) is 15.5. The standard InChI is InChI=1S/C16H20N4O2/c1-11-6-13(2-3-18-11)16(22)19-14-7-12(8-15(14)21)9-20-5-4-17-10-20/h2-6,10,12,14-15,21H,7-9H2,1H3,(H,19,22)/t12?,14-,15-/m1/s1. The molecule has 1 aliphatic rings. The smallest absolute Gasteiger partial charge is 0.251 e. The number of amides is 1. The minimum Gasteiger partial charge on any atom is -0.391 e. The fourth-order valence-electron chi connectivity index (χ4n) is 3.05. The maximum Gasteiger partial charge on any atom is 0.251 e. The molecule has 1 aliphatic carbocycles. The van der Waals surface area contributed by atoms with Crippen molar-refractivity contribution in [3.63, 3.8) is 0 Å². The number of aryl methyl sites for hydroxylation is 1. The Kier molecular flexibility index (Phi) is 4.20. The first-order chi connectivity index (χ1) is 10.6. The Morgan fingerprint density at radius 1 is 1.45 bits per heavy atom. The van der Waals surface area contributed by atoms with Crippen molar-refractivity contribution in [1.82, 2.24) is 19.9 Å². The number of hydrogen-bond donors (Lipinski definition) is 2. The largest absolute Gasteiger partial charge is 0.391 e. The van der Waals surface area contributed by atoms with Crippen molar-refractivity contribution in [3.05, 3.63) is 48.3 Å². The van der Waals surface area contributed by atoms with Crippen LogP contribution >= 0.6 is 0 Å². The van der Waals surface area contributed by atoms with Crippen LogP contribution in [0.25, 0.3) is 0 Å². The second kappa shape index (κ2) is 6.27. The summed E-state index contributed by atoms with van der Waals surface area (Å²) in [5.41, 5.74) is 1.38. The molecule has 0 saturated heterocycles. The van der Waals surface area contributed by atoms with Gasteiger partial charge >= 0.3 is 0 Å². The van der Waals surface area contributed by atoms with E-state index in [2.05, 4.69) is 15.3 Å². The lowest BCUT2D eigenvalue weighted by Gasteiger charge is -2.16. The summed E-state index contributed by atoms with van der Waals surface area (Å²) in [5.74, 6) is 0.187. The van der Waals surface area contributed by atoms with Crippen LogP contribution in [-0.2, 0) is 6.54 Å². The number of aromatic nitrogens is 3. The molecule has 2 heterocycles. The van der Waals surface area contributed by atoms with Gasteiger partial charge in [-0.2, -0.15) is 0 Å². The Morgan fingerprint density at radius 2 is 2.32 bits per heavy atom. The maximum atomic E-state index is 12.3. The van der Waals surface area contributed by atoms with Crippen LogP contribution in [0.2, 0.25) is 0 Å². The van der Waals surface area contributed by atoms with E-state index in [4.69, 9.17) is 0 Å². The van der Waals surface area contributed by atoms with E-state index in [0.717, 1.165) is 18.7 Å². The van der Waals surface area contributed by atoms with E-state index < -0.39 is 6.10 Å². The quantitative estimate of drug-likeness (QED) is 0.888. The molecule has 0 spiro atoms. The van der Waals surface area contributed by atoms with Crippen molar-refractivity contribution in [2.45, 2.75) is 38.5 Å². The van der Waals surface area contributed by atoms with E-state index in [-0.39, 0.29) is 11.9 Å². The Labute approximate surface area is 129 Å². The summed E-state index contributed by atoms with van der Waals surface area (Å²) < 4.78 is 2.01. The van der Waals surface area contributed by atoms with E-state index in [1.54, 1.807) is 30.9 Å². The van der Waals surface area contributed by atoms with Gasteiger partial charge < -0.3 is 15.0 Å². The van der Waals surface area contributed by atoms with Crippen molar-refractivity contribution in [2.24, 2.45) is 5.92 Å². The van der Waals surface area contributed by atoms with Crippen molar-refractivity contribution < 1.29 is 9.90 Å². The van der Waals surface area contributed by atoms with Crippen molar-refractivity contribution in [2.75, 3.05) is 0 Å². The number of aliphatic hydroxyl groups is 1. The number of rotatable bonds is 4. The van der Waals surface area contributed by atoms with Gasteiger partial charge in [0.1, 0.15) is 0 Å². The van der Waals surface area contributed by atoms with Crippen molar-refractivity contribution in [1.29, 1.82) is 0 Å². The molecule has 1 amide bonds.